The monoisotopic (exact) mass is 344 g/mol. The number of aromatic nitrogens is 2. The van der Waals surface area contributed by atoms with Crippen molar-refractivity contribution < 1.29 is 9.13 Å². The summed E-state index contributed by atoms with van der Waals surface area (Å²) in [5, 5.41) is 3.24. The van der Waals surface area contributed by atoms with Gasteiger partial charge in [0.15, 0.2) is 0 Å². The fraction of sp³-hybridized carbons (Fsp3) is 0.474. The molecule has 1 aromatic carbocycles. The zero-order valence-corrected chi connectivity index (χ0v) is 14.6. The predicted molar refractivity (Wildman–Crippen MR) is 96.5 cm³/mol. The molecular formula is C19H25FN4O. The Labute approximate surface area is 148 Å². The van der Waals surface area contributed by atoms with E-state index in [1.54, 1.807) is 24.4 Å². The lowest BCUT2D eigenvalue weighted by molar-refractivity contribution is 0.192. The number of benzene rings is 1. The molecule has 1 aromatic heterocycles. The van der Waals surface area contributed by atoms with Crippen LogP contribution < -0.4 is 10.1 Å². The normalized spacial score (nSPS) is 15.9. The van der Waals surface area contributed by atoms with E-state index in [2.05, 4.69) is 27.1 Å². The molecule has 1 aliphatic heterocycles. The van der Waals surface area contributed by atoms with Gasteiger partial charge in [-0.15, -0.1) is 0 Å². The molecule has 2 aromatic rings. The lowest BCUT2D eigenvalue weighted by Crippen LogP contribution is -2.34. The molecule has 1 N–H and O–H groups in total. The lowest BCUT2D eigenvalue weighted by Gasteiger charge is -2.30. The summed E-state index contributed by atoms with van der Waals surface area (Å²) >= 11 is 0. The van der Waals surface area contributed by atoms with Crippen LogP contribution in [0.3, 0.4) is 0 Å². The molecule has 0 atom stereocenters. The lowest BCUT2D eigenvalue weighted by atomic mass is 9.99. The van der Waals surface area contributed by atoms with E-state index in [4.69, 9.17) is 4.74 Å². The van der Waals surface area contributed by atoms with Crippen molar-refractivity contribution in [3.8, 4) is 11.6 Å². The summed E-state index contributed by atoms with van der Waals surface area (Å²) in [6, 6.07) is 7.55. The number of nitrogens with one attached hydrogen (secondary N) is 1. The molecule has 0 saturated carbocycles. The third-order valence-electron chi connectivity index (χ3n) is 4.48. The maximum Gasteiger partial charge on any atom is 0.225 e. The fourth-order valence-corrected chi connectivity index (χ4v) is 2.90. The summed E-state index contributed by atoms with van der Waals surface area (Å²) in [4.78, 5) is 11.1. The molecule has 1 saturated heterocycles. The third kappa shape index (κ3) is 5.67. The van der Waals surface area contributed by atoms with E-state index in [1.807, 2.05) is 0 Å². The van der Waals surface area contributed by atoms with Gasteiger partial charge in [0.05, 0.1) is 0 Å². The van der Waals surface area contributed by atoms with Crippen molar-refractivity contribution in [1.29, 1.82) is 0 Å². The van der Waals surface area contributed by atoms with Gasteiger partial charge in [-0.25, -0.2) is 9.37 Å². The standard InChI is InChI=1S/C19H25FN4O/c1-15-8-13-24(14-9-15)12-2-10-21-19-22-11-7-18(23-19)25-17-5-3-16(20)4-6-17/h3-7,11,15H,2,8-10,12-14H2,1H3,(H,21,22,23). The van der Waals surface area contributed by atoms with Crippen molar-refractivity contribution in [3.05, 3.63) is 42.3 Å². The quantitative estimate of drug-likeness (QED) is 0.771. The number of hydrogen-bond acceptors (Lipinski definition) is 5. The highest BCUT2D eigenvalue weighted by Crippen LogP contribution is 2.20. The van der Waals surface area contributed by atoms with Crippen LogP contribution in [0.25, 0.3) is 0 Å². The number of hydrogen-bond donors (Lipinski definition) is 1. The number of piperidine rings is 1. The molecule has 1 aliphatic rings. The van der Waals surface area contributed by atoms with Crippen LogP contribution >= 0.6 is 0 Å². The van der Waals surface area contributed by atoms with E-state index in [0.717, 1.165) is 25.4 Å². The molecule has 1 fully saturated rings. The van der Waals surface area contributed by atoms with Crippen LogP contribution in [0.15, 0.2) is 36.5 Å². The highest BCUT2D eigenvalue weighted by molar-refractivity contribution is 5.31. The molecular weight excluding hydrogens is 319 g/mol. The summed E-state index contributed by atoms with van der Waals surface area (Å²) in [6.07, 6.45) is 5.32. The molecule has 0 spiro atoms. The van der Waals surface area contributed by atoms with Crippen molar-refractivity contribution in [1.82, 2.24) is 14.9 Å². The molecule has 2 heterocycles. The van der Waals surface area contributed by atoms with E-state index >= 15 is 0 Å². The van der Waals surface area contributed by atoms with Crippen LogP contribution in [0.4, 0.5) is 10.3 Å². The summed E-state index contributed by atoms with van der Waals surface area (Å²) in [6.45, 7) is 6.67. The number of anilines is 1. The Morgan fingerprint density at radius 1 is 1.20 bits per heavy atom. The Hall–Kier alpha value is -2.21. The smallest absolute Gasteiger partial charge is 0.225 e. The van der Waals surface area contributed by atoms with Gasteiger partial charge in [0.25, 0.3) is 0 Å². The first kappa shape index (κ1) is 17.6. The summed E-state index contributed by atoms with van der Waals surface area (Å²) in [5.74, 6) is 2.11. The molecule has 0 amide bonds. The van der Waals surface area contributed by atoms with Crippen molar-refractivity contribution >= 4 is 5.95 Å². The van der Waals surface area contributed by atoms with E-state index in [9.17, 15) is 4.39 Å². The zero-order valence-electron chi connectivity index (χ0n) is 14.6. The van der Waals surface area contributed by atoms with Crippen LogP contribution in [0.5, 0.6) is 11.6 Å². The van der Waals surface area contributed by atoms with Crippen LogP contribution in [0.1, 0.15) is 26.2 Å². The third-order valence-corrected chi connectivity index (χ3v) is 4.48. The van der Waals surface area contributed by atoms with Gasteiger partial charge in [-0.05, 0) is 69.1 Å². The molecule has 3 rings (SSSR count). The number of halogens is 1. The number of ether oxygens (including phenoxy) is 1. The van der Waals surface area contributed by atoms with Crippen LogP contribution in [0.2, 0.25) is 0 Å². The summed E-state index contributed by atoms with van der Waals surface area (Å²) in [5.41, 5.74) is 0. The summed E-state index contributed by atoms with van der Waals surface area (Å²) in [7, 11) is 0. The van der Waals surface area contributed by atoms with E-state index in [-0.39, 0.29) is 5.82 Å². The Bertz CT molecular complexity index is 657. The largest absolute Gasteiger partial charge is 0.439 e. The molecule has 5 nitrogen and oxygen atoms in total. The Kier molecular flexibility index (Phi) is 6.17. The van der Waals surface area contributed by atoms with E-state index in [0.29, 0.717) is 17.6 Å². The Morgan fingerprint density at radius 3 is 2.72 bits per heavy atom. The average molecular weight is 344 g/mol. The number of nitrogens with zero attached hydrogens (tertiary/aromatic N) is 3. The first-order chi connectivity index (χ1) is 12.2. The van der Waals surface area contributed by atoms with Gasteiger partial charge in [-0.3, -0.25) is 0 Å². The van der Waals surface area contributed by atoms with Crippen molar-refractivity contribution in [2.45, 2.75) is 26.2 Å². The molecule has 134 valence electrons. The maximum absolute atomic E-state index is 12.9. The van der Waals surface area contributed by atoms with Gasteiger partial charge < -0.3 is 15.0 Å². The van der Waals surface area contributed by atoms with Crippen molar-refractivity contribution in [2.24, 2.45) is 5.92 Å². The Balaban J connectivity index is 1.43. The minimum Gasteiger partial charge on any atom is -0.439 e. The number of likely N-dealkylation sites (tertiary alicyclic amines) is 1. The minimum atomic E-state index is -0.291. The van der Waals surface area contributed by atoms with Crippen molar-refractivity contribution in [2.75, 3.05) is 31.5 Å². The van der Waals surface area contributed by atoms with E-state index < -0.39 is 0 Å². The van der Waals surface area contributed by atoms with Crippen LogP contribution in [-0.2, 0) is 0 Å². The molecule has 25 heavy (non-hydrogen) atoms. The summed E-state index contributed by atoms with van der Waals surface area (Å²) < 4.78 is 18.5. The van der Waals surface area contributed by atoms with Crippen LogP contribution in [0, 0.1) is 11.7 Å². The SMILES string of the molecule is CC1CCN(CCCNc2nccc(Oc3ccc(F)cc3)n2)CC1. The molecule has 0 bridgehead atoms. The minimum absolute atomic E-state index is 0.291. The first-order valence-electron chi connectivity index (χ1n) is 8.92. The van der Waals surface area contributed by atoms with E-state index in [1.165, 1.54) is 38.1 Å². The zero-order chi connectivity index (χ0) is 17.5. The molecule has 0 radical (unpaired) electrons. The van der Waals surface area contributed by atoms with Crippen molar-refractivity contribution in [3.63, 3.8) is 0 Å². The topological polar surface area (TPSA) is 50.3 Å². The average Bonchev–Trinajstić information content (AvgIpc) is 2.63. The highest BCUT2D eigenvalue weighted by Gasteiger charge is 2.14. The second kappa shape index (κ2) is 8.76. The van der Waals surface area contributed by atoms with Gasteiger partial charge in [0.1, 0.15) is 11.6 Å². The van der Waals surface area contributed by atoms with Gasteiger partial charge in [-0.1, -0.05) is 6.92 Å². The maximum atomic E-state index is 12.9. The van der Waals surface area contributed by atoms with Crippen LogP contribution in [-0.4, -0.2) is 41.0 Å². The Morgan fingerprint density at radius 2 is 1.96 bits per heavy atom. The second-order valence-electron chi connectivity index (χ2n) is 6.58. The molecule has 0 aliphatic carbocycles. The number of rotatable bonds is 7. The first-order valence-corrected chi connectivity index (χ1v) is 8.92. The highest BCUT2D eigenvalue weighted by atomic mass is 19.1. The molecule has 6 heteroatoms. The fourth-order valence-electron chi connectivity index (χ4n) is 2.90. The van der Waals surface area contributed by atoms with Gasteiger partial charge in [0, 0.05) is 18.8 Å². The van der Waals surface area contributed by atoms with Gasteiger partial charge >= 0.3 is 0 Å². The second-order valence-corrected chi connectivity index (χ2v) is 6.58. The molecule has 0 unspecified atom stereocenters. The van der Waals surface area contributed by atoms with Gasteiger partial charge in [0.2, 0.25) is 11.8 Å². The predicted octanol–water partition coefficient (Wildman–Crippen LogP) is 3.94. The van der Waals surface area contributed by atoms with Gasteiger partial charge in [-0.2, -0.15) is 4.98 Å².